The second-order valence-electron chi connectivity index (χ2n) is 6.24. The monoisotopic (exact) mass is 391 g/mol. The van der Waals surface area contributed by atoms with Crippen LogP contribution in [0.15, 0.2) is 53.4 Å². The first kappa shape index (κ1) is 19.0. The average Bonchev–Trinajstić information content (AvgIpc) is 2.64. The number of ketones is 1. The van der Waals surface area contributed by atoms with E-state index >= 15 is 0 Å². The first-order valence-corrected chi connectivity index (χ1v) is 9.96. The van der Waals surface area contributed by atoms with Crippen molar-refractivity contribution in [1.82, 2.24) is 0 Å². The average molecular weight is 391 g/mol. The molecule has 0 unspecified atom stereocenters. The van der Waals surface area contributed by atoms with Gasteiger partial charge in [0.1, 0.15) is 5.82 Å². The quantitative estimate of drug-likeness (QED) is 0.790. The first-order valence-electron chi connectivity index (χ1n) is 8.47. The van der Waals surface area contributed by atoms with Gasteiger partial charge in [0.05, 0.1) is 10.5 Å². The maximum atomic E-state index is 12.9. The number of benzene rings is 2. The fourth-order valence-electron chi connectivity index (χ4n) is 2.78. The van der Waals surface area contributed by atoms with Gasteiger partial charge in [0.15, 0.2) is 11.9 Å². The van der Waals surface area contributed by atoms with Crippen LogP contribution in [-0.4, -0.2) is 26.3 Å². The fraction of sp³-hybridized carbons (Fsp3) is 0.263. The van der Waals surface area contributed by atoms with Gasteiger partial charge in [-0.05, 0) is 67.8 Å². The maximum absolute atomic E-state index is 12.9. The SMILES string of the molecule is O=C(O[C@H]1CCCCC1=O)c1ccc(NS(=O)(=O)c2ccc(F)cc2)cc1. The minimum absolute atomic E-state index is 0.0710. The van der Waals surface area contributed by atoms with Gasteiger partial charge >= 0.3 is 5.97 Å². The highest BCUT2D eigenvalue weighted by Gasteiger charge is 2.26. The summed E-state index contributed by atoms with van der Waals surface area (Å²) in [5, 5.41) is 0. The van der Waals surface area contributed by atoms with E-state index in [0.717, 1.165) is 37.1 Å². The van der Waals surface area contributed by atoms with E-state index in [-0.39, 0.29) is 21.9 Å². The lowest BCUT2D eigenvalue weighted by Crippen LogP contribution is -2.30. The van der Waals surface area contributed by atoms with E-state index in [9.17, 15) is 22.4 Å². The summed E-state index contributed by atoms with van der Waals surface area (Å²) in [7, 11) is -3.87. The third-order valence-electron chi connectivity index (χ3n) is 4.24. The Hall–Kier alpha value is -2.74. The zero-order valence-corrected chi connectivity index (χ0v) is 15.2. The number of rotatable bonds is 5. The van der Waals surface area contributed by atoms with Crippen molar-refractivity contribution < 1.29 is 27.1 Å². The van der Waals surface area contributed by atoms with Crippen molar-refractivity contribution in [3.63, 3.8) is 0 Å². The van der Waals surface area contributed by atoms with Crippen LogP contribution in [-0.2, 0) is 19.6 Å². The number of carbonyl (C=O) groups is 2. The van der Waals surface area contributed by atoms with E-state index in [1.165, 1.54) is 24.3 Å². The Bertz CT molecular complexity index is 939. The molecule has 1 N–H and O–H groups in total. The summed E-state index contributed by atoms with van der Waals surface area (Å²) < 4.78 is 45.1. The van der Waals surface area contributed by atoms with Crippen molar-refractivity contribution in [1.29, 1.82) is 0 Å². The van der Waals surface area contributed by atoms with Crippen LogP contribution in [0.25, 0.3) is 0 Å². The molecule has 2 aromatic rings. The Morgan fingerprint density at radius 1 is 1.04 bits per heavy atom. The van der Waals surface area contributed by atoms with E-state index in [2.05, 4.69) is 4.72 Å². The molecule has 3 rings (SSSR count). The number of halogens is 1. The normalized spacial score (nSPS) is 17.4. The summed E-state index contributed by atoms with van der Waals surface area (Å²) in [4.78, 5) is 23.8. The van der Waals surface area contributed by atoms with Crippen molar-refractivity contribution in [2.75, 3.05) is 4.72 Å². The first-order chi connectivity index (χ1) is 12.8. The van der Waals surface area contributed by atoms with Gasteiger partial charge in [-0.25, -0.2) is 17.6 Å². The molecule has 1 aliphatic rings. The standard InChI is InChI=1S/C19H18FNO5S/c20-14-7-11-16(12-8-14)27(24,25)21-15-9-5-13(6-10-15)19(23)26-18-4-2-1-3-17(18)22/h5-12,18,21H,1-4H2/t18-/m0/s1. The van der Waals surface area contributed by atoms with Crippen LogP contribution < -0.4 is 4.72 Å². The van der Waals surface area contributed by atoms with Gasteiger partial charge in [-0.3, -0.25) is 9.52 Å². The van der Waals surface area contributed by atoms with Crippen LogP contribution in [0.5, 0.6) is 0 Å². The molecule has 6 nitrogen and oxygen atoms in total. The summed E-state index contributed by atoms with van der Waals surface area (Å²) in [6.07, 6.45) is 1.90. The van der Waals surface area contributed by atoms with Gasteiger partial charge in [0.25, 0.3) is 10.0 Å². The molecule has 0 saturated heterocycles. The Morgan fingerprint density at radius 2 is 1.70 bits per heavy atom. The fourth-order valence-corrected chi connectivity index (χ4v) is 3.83. The molecule has 0 bridgehead atoms. The van der Waals surface area contributed by atoms with Gasteiger partial charge in [0, 0.05) is 12.1 Å². The third-order valence-corrected chi connectivity index (χ3v) is 5.64. The van der Waals surface area contributed by atoms with Crippen LogP contribution in [0.4, 0.5) is 10.1 Å². The lowest BCUT2D eigenvalue weighted by molar-refractivity contribution is -0.129. The molecule has 8 heteroatoms. The summed E-state index contributed by atoms with van der Waals surface area (Å²) >= 11 is 0. The summed E-state index contributed by atoms with van der Waals surface area (Å²) in [6, 6.07) is 10.1. The van der Waals surface area contributed by atoms with Gasteiger partial charge in [-0.2, -0.15) is 0 Å². The second-order valence-corrected chi connectivity index (χ2v) is 7.93. The second kappa shape index (κ2) is 7.87. The molecular weight excluding hydrogens is 373 g/mol. The van der Waals surface area contributed by atoms with Crippen molar-refractivity contribution >= 4 is 27.5 Å². The van der Waals surface area contributed by atoms with Crippen LogP contribution in [0.3, 0.4) is 0 Å². The van der Waals surface area contributed by atoms with Crippen molar-refractivity contribution in [3.05, 3.63) is 59.9 Å². The Balaban J connectivity index is 1.67. The predicted octanol–water partition coefficient (Wildman–Crippen LogP) is 3.30. The van der Waals surface area contributed by atoms with E-state index < -0.39 is 27.9 Å². The Morgan fingerprint density at radius 3 is 2.33 bits per heavy atom. The van der Waals surface area contributed by atoms with Crippen LogP contribution in [0.1, 0.15) is 36.0 Å². The number of hydrogen-bond donors (Lipinski definition) is 1. The van der Waals surface area contributed by atoms with Crippen molar-refractivity contribution in [2.45, 2.75) is 36.7 Å². The highest BCUT2D eigenvalue weighted by atomic mass is 32.2. The topological polar surface area (TPSA) is 89.5 Å². The summed E-state index contributed by atoms with van der Waals surface area (Å²) in [5.41, 5.74) is 0.461. The van der Waals surface area contributed by atoms with Crippen LogP contribution in [0, 0.1) is 5.82 Å². The van der Waals surface area contributed by atoms with Gasteiger partial charge in [0.2, 0.25) is 0 Å². The predicted molar refractivity (Wildman–Crippen MR) is 96.3 cm³/mol. The molecule has 1 saturated carbocycles. The van der Waals surface area contributed by atoms with Crippen molar-refractivity contribution in [3.8, 4) is 0 Å². The molecule has 0 heterocycles. The van der Waals surface area contributed by atoms with Gasteiger partial charge in [-0.1, -0.05) is 0 Å². The largest absolute Gasteiger partial charge is 0.451 e. The molecule has 0 amide bonds. The lowest BCUT2D eigenvalue weighted by atomic mass is 9.96. The number of nitrogens with one attached hydrogen (secondary N) is 1. The molecule has 0 aromatic heterocycles. The molecule has 27 heavy (non-hydrogen) atoms. The highest BCUT2D eigenvalue weighted by molar-refractivity contribution is 7.92. The molecular formula is C19H18FNO5S. The van der Waals surface area contributed by atoms with Crippen LogP contribution in [0.2, 0.25) is 0 Å². The minimum Gasteiger partial charge on any atom is -0.451 e. The summed E-state index contributed by atoms with van der Waals surface area (Å²) in [6.45, 7) is 0. The van der Waals surface area contributed by atoms with E-state index in [1.54, 1.807) is 0 Å². The molecule has 0 radical (unpaired) electrons. The number of hydrogen-bond acceptors (Lipinski definition) is 5. The molecule has 142 valence electrons. The third kappa shape index (κ3) is 4.71. The zero-order chi connectivity index (χ0) is 19.4. The van der Waals surface area contributed by atoms with Gasteiger partial charge < -0.3 is 4.74 Å². The number of ether oxygens (including phenoxy) is 1. The lowest BCUT2D eigenvalue weighted by Gasteiger charge is -2.20. The number of Topliss-reactive ketones (excluding diaryl/α,β-unsaturated/α-hetero) is 1. The molecule has 1 aliphatic carbocycles. The maximum Gasteiger partial charge on any atom is 0.338 e. The number of anilines is 1. The van der Waals surface area contributed by atoms with Crippen LogP contribution >= 0.6 is 0 Å². The Kier molecular flexibility index (Phi) is 5.55. The smallest absolute Gasteiger partial charge is 0.338 e. The van der Waals surface area contributed by atoms with E-state index in [0.29, 0.717) is 12.8 Å². The molecule has 1 atom stereocenters. The highest BCUT2D eigenvalue weighted by Crippen LogP contribution is 2.20. The number of esters is 1. The zero-order valence-electron chi connectivity index (χ0n) is 14.4. The van der Waals surface area contributed by atoms with E-state index in [1.807, 2.05) is 0 Å². The van der Waals surface area contributed by atoms with Gasteiger partial charge in [-0.15, -0.1) is 0 Å². The number of sulfonamides is 1. The molecule has 1 fully saturated rings. The molecule has 0 aliphatic heterocycles. The molecule has 0 spiro atoms. The Labute approximate surface area is 156 Å². The van der Waals surface area contributed by atoms with Crippen molar-refractivity contribution in [2.24, 2.45) is 0 Å². The summed E-state index contributed by atoms with van der Waals surface area (Å²) in [5.74, 6) is -1.23. The van der Waals surface area contributed by atoms with E-state index in [4.69, 9.17) is 4.74 Å². The minimum atomic E-state index is -3.87. The number of carbonyl (C=O) groups excluding carboxylic acids is 2. The molecule has 2 aromatic carbocycles.